The number of carbonyl (C=O) groups excluding carboxylic acids is 1. The summed E-state index contributed by atoms with van der Waals surface area (Å²) in [6, 6.07) is 5.72. The number of nitrogens with zero attached hydrogens (tertiary/aromatic N) is 2. The zero-order chi connectivity index (χ0) is 16.3. The molecule has 22 heavy (non-hydrogen) atoms. The highest BCUT2D eigenvalue weighted by molar-refractivity contribution is 7.90. The third-order valence-corrected chi connectivity index (χ3v) is 4.44. The van der Waals surface area contributed by atoms with Gasteiger partial charge in [-0.2, -0.15) is 8.42 Å². The van der Waals surface area contributed by atoms with Crippen LogP contribution >= 0.6 is 11.6 Å². The molecule has 5 nitrogen and oxygen atoms in total. The van der Waals surface area contributed by atoms with Gasteiger partial charge in [-0.15, -0.1) is 4.40 Å². The second-order valence-electron chi connectivity index (χ2n) is 4.63. The largest absolute Gasteiger partial charge is 0.290 e. The molecule has 0 unspecified atom stereocenters. The molecule has 114 valence electrons. The number of hydrogen-bond acceptors (Lipinski definition) is 3. The van der Waals surface area contributed by atoms with Gasteiger partial charge in [0.15, 0.2) is 5.78 Å². The maximum Gasteiger partial charge on any atom is 0.283 e. The van der Waals surface area contributed by atoms with Crippen LogP contribution < -0.4 is 0 Å². The van der Waals surface area contributed by atoms with Crippen LogP contribution in [0.3, 0.4) is 0 Å². The molecule has 1 aromatic rings. The smallest absolute Gasteiger partial charge is 0.283 e. The fraction of sp³-hybridized carbons (Fsp3) is 0.133. The molecule has 0 radical (unpaired) electrons. The Hall–Kier alpha value is -2.05. The van der Waals surface area contributed by atoms with Crippen LogP contribution in [0.25, 0.3) is 0 Å². The minimum absolute atomic E-state index is 0.0394. The van der Waals surface area contributed by atoms with Crippen LogP contribution in [0.5, 0.6) is 0 Å². The molecule has 0 spiro atoms. The van der Waals surface area contributed by atoms with E-state index in [0.29, 0.717) is 16.3 Å². The first kappa shape index (κ1) is 16.3. The van der Waals surface area contributed by atoms with E-state index in [4.69, 9.17) is 11.6 Å². The second-order valence-corrected chi connectivity index (χ2v) is 6.67. The number of ketones is 1. The normalized spacial score (nSPS) is 17.8. The summed E-state index contributed by atoms with van der Waals surface area (Å²) in [6.07, 6.45) is 4.48. The Morgan fingerprint density at radius 2 is 1.77 bits per heavy atom. The van der Waals surface area contributed by atoms with Crippen molar-refractivity contribution in [1.82, 2.24) is 0 Å². The van der Waals surface area contributed by atoms with Crippen molar-refractivity contribution in [2.24, 2.45) is 9.39 Å². The van der Waals surface area contributed by atoms with Crippen LogP contribution in [0.2, 0.25) is 5.02 Å². The number of hydrogen-bond donors (Lipinski definition) is 0. The van der Waals surface area contributed by atoms with E-state index in [1.165, 1.54) is 43.3 Å². The van der Waals surface area contributed by atoms with Crippen LogP contribution in [0.15, 0.2) is 62.4 Å². The Labute approximate surface area is 133 Å². The molecule has 0 saturated carbocycles. The first-order valence-electron chi connectivity index (χ1n) is 6.34. The van der Waals surface area contributed by atoms with Gasteiger partial charge in [0.05, 0.1) is 10.6 Å². The maximum atomic E-state index is 12.1. The number of amidine groups is 1. The zero-order valence-electron chi connectivity index (χ0n) is 11.9. The summed E-state index contributed by atoms with van der Waals surface area (Å²) in [6.45, 7) is 3.15. The summed E-state index contributed by atoms with van der Waals surface area (Å²) >= 11 is 5.73. The predicted molar refractivity (Wildman–Crippen MR) is 87.1 cm³/mol. The van der Waals surface area contributed by atoms with Crippen molar-refractivity contribution >= 4 is 39.0 Å². The maximum absolute atomic E-state index is 12.1. The molecule has 0 aromatic heterocycles. The highest BCUT2D eigenvalue weighted by Gasteiger charge is 2.13. The van der Waals surface area contributed by atoms with Crippen molar-refractivity contribution in [2.75, 3.05) is 0 Å². The summed E-state index contributed by atoms with van der Waals surface area (Å²) in [4.78, 5) is 15.5. The van der Waals surface area contributed by atoms with Crippen molar-refractivity contribution in [1.29, 1.82) is 0 Å². The van der Waals surface area contributed by atoms with E-state index in [0.717, 1.165) is 0 Å². The molecule has 7 heteroatoms. The lowest BCUT2D eigenvalue weighted by Gasteiger charge is -2.04. The van der Waals surface area contributed by atoms with Gasteiger partial charge in [-0.25, -0.2) is 4.99 Å². The fourth-order valence-electron chi connectivity index (χ4n) is 1.74. The lowest BCUT2D eigenvalue weighted by Crippen LogP contribution is -2.07. The van der Waals surface area contributed by atoms with E-state index in [9.17, 15) is 13.2 Å². The summed E-state index contributed by atoms with van der Waals surface area (Å²) in [7, 11) is -3.84. The minimum atomic E-state index is -3.84. The molecule has 0 N–H and O–H groups in total. The van der Waals surface area contributed by atoms with Gasteiger partial charge in [0.1, 0.15) is 5.84 Å². The third-order valence-electron chi connectivity index (χ3n) is 2.81. The molecule has 0 atom stereocenters. The molecular formula is C15H13ClN2O3S. The van der Waals surface area contributed by atoms with Gasteiger partial charge in [-0.05, 0) is 61.9 Å². The van der Waals surface area contributed by atoms with Crippen molar-refractivity contribution in [2.45, 2.75) is 18.7 Å². The summed E-state index contributed by atoms with van der Waals surface area (Å²) in [5, 5.41) is 0.442. The Kier molecular flexibility index (Phi) is 4.73. The number of benzene rings is 1. The molecule has 0 aliphatic heterocycles. The van der Waals surface area contributed by atoms with Gasteiger partial charge in [0, 0.05) is 5.02 Å². The number of sulfonamides is 1. The molecule has 2 rings (SSSR count). The molecule has 0 bridgehead atoms. The average molecular weight is 337 g/mol. The van der Waals surface area contributed by atoms with Crippen molar-refractivity contribution in [3.8, 4) is 0 Å². The number of aliphatic imine (C=N–C) groups is 1. The van der Waals surface area contributed by atoms with Crippen LogP contribution in [-0.2, 0) is 14.8 Å². The SMILES string of the molecule is CC1=CC(=NC(C)=NS(=O)(=O)c2ccc(Cl)cc2)C=CC1=O. The van der Waals surface area contributed by atoms with E-state index >= 15 is 0 Å². The lowest BCUT2D eigenvalue weighted by molar-refractivity contribution is -0.111. The van der Waals surface area contributed by atoms with Crippen LogP contribution in [0.4, 0.5) is 0 Å². The molecule has 0 saturated heterocycles. The number of carbonyl (C=O) groups is 1. The number of rotatable bonds is 2. The molecule has 1 aliphatic rings. The van der Waals surface area contributed by atoms with E-state index in [1.807, 2.05) is 0 Å². The van der Waals surface area contributed by atoms with Crippen LogP contribution in [0.1, 0.15) is 13.8 Å². The first-order valence-corrected chi connectivity index (χ1v) is 8.16. The topological polar surface area (TPSA) is 75.9 Å². The minimum Gasteiger partial charge on any atom is -0.290 e. The van der Waals surface area contributed by atoms with Gasteiger partial charge in [0.2, 0.25) is 0 Å². The Bertz CT molecular complexity index is 832. The Balaban J connectivity index is 2.31. The molecule has 0 heterocycles. The van der Waals surface area contributed by atoms with E-state index < -0.39 is 10.0 Å². The number of allylic oxidation sites excluding steroid dienone is 4. The fourth-order valence-corrected chi connectivity index (χ4v) is 2.84. The molecule has 0 amide bonds. The Morgan fingerprint density at radius 1 is 1.14 bits per heavy atom. The van der Waals surface area contributed by atoms with E-state index in [1.54, 1.807) is 13.0 Å². The van der Waals surface area contributed by atoms with Crippen molar-refractivity contribution < 1.29 is 13.2 Å². The monoisotopic (exact) mass is 336 g/mol. The summed E-state index contributed by atoms with van der Waals surface area (Å²) < 4.78 is 27.9. The van der Waals surface area contributed by atoms with Gasteiger partial charge in [-0.3, -0.25) is 4.79 Å². The first-order chi connectivity index (χ1) is 10.3. The average Bonchev–Trinajstić information content (AvgIpc) is 2.42. The highest BCUT2D eigenvalue weighted by atomic mass is 35.5. The van der Waals surface area contributed by atoms with Crippen LogP contribution in [-0.4, -0.2) is 25.7 Å². The molecule has 1 aliphatic carbocycles. The second kappa shape index (κ2) is 6.37. The Morgan fingerprint density at radius 3 is 2.36 bits per heavy atom. The lowest BCUT2D eigenvalue weighted by atomic mass is 10.1. The molecular weight excluding hydrogens is 324 g/mol. The predicted octanol–water partition coefficient (Wildman–Crippen LogP) is 2.97. The standard InChI is InChI=1S/C15H13ClN2O3S/c1-10-9-13(5-8-15(10)19)17-11(2)18-22(20,21)14-6-3-12(16)4-7-14/h3-9H,1-2H3. The van der Waals surface area contributed by atoms with Crippen molar-refractivity contribution in [3.63, 3.8) is 0 Å². The van der Waals surface area contributed by atoms with Gasteiger partial charge in [0.25, 0.3) is 10.0 Å². The highest BCUT2D eigenvalue weighted by Crippen LogP contribution is 2.16. The van der Waals surface area contributed by atoms with Gasteiger partial charge < -0.3 is 0 Å². The summed E-state index contributed by atoms with van der Waals surface area (Å²) in [5.74, 6) is -0.0182. The van der Waals surface area contributed by atoms with Crippen molar-refractivity contribution in [3.05, 3.63) is 53.1 Å². The molecule has 1 aromatic carbocycles. The quantitative estimate of drug-likeness (QED) is 0.473. The van der Waals surface area contributed by atoms with E-state index in [-0.39, 0.29) is 16.5 Å². The number of halogens is 1. The van der Waals surface area contributed by atoms with E-state index in [2.05, 4.69) is 9.39 Å². The van der Waals surface area contributed by atoms with Crippen LogP contribution in [0, 0.1) is 0 Å². The zero-order valence-corrected chi connectivity index (χ0v) is 13.5. The third kappa shape index (κ3) is 3.99. The van der Waals surface area contributed by atoms with Gasteiger partial charge in [-0.1, -0.05) is 11.6 Å². The molecule has 0 fully saturated rings. The van der Waals surface area contributed by atoms with Gasteiger partial charge >= 0.3 is 0 Å². The summed E-state index contributed by atoms with van der Waals surface area (Å²) in [5.41, 5.74) is 1.01.